The molecule has 0 rings (SSSR count). The fraction of sp³-hybridized carbons (Fsp3) is 0.500. The number of nitrogens with two attached hydrogens (primary N) is 1. The molecule has 0 unspecified atom stereocenters. The minimum atomic E-state index is -0.357. The number of rotatable bonds is 2. The molecule has 0 saturated heterocycles. The van der Waals surface area contributed by atoms with Crippen molar-refractivity contribution in [2.24, 2.45) is 5.73 Å². The smallest absolute Gasteiger partial charge is 0.241 e. The lowest BCUT2D eigenvalue weighted by Crippen LogP contribution is -2.06. The van der Waals surface area contributed by atoms with Crippen molar-refractivity contribution in [3.8, 4) is 0 Å². The first-order chi connectivity index (χ1) is 3.66. The normalized spacial score (nSPS) is 11.5. The van der Waals surface area contributed by atoms with E-state index in [2.05, 4.69) is 0 Å². The van der Waals surface area contributed by atoms with Crippen LogP contribution in [-0.2, 0) is 4.79 Å². The summed E-state index contributed by atoms with van der Waals surface area (Å²) in [6.45, 7) is 3.86. The zero-order valence-electron chi connectivity index (χ0n) is 5.27. The van der Waals surface area contributed by atoms with E-state index in [1.54, 1.807) is 0 Å². The fourth-order valence-corrected chi connectivity index (χ4v) is 0.345. The van der Waals surface area contributed by atoms with Crippen molar-refractivity contribution >= 4 is 5.91 Å². The highest BCUT2D eigenvalue weighted by Gasteiger charge is 1.85. The van der Waals surface area contributed by atoms with E-state index in [4.69, 9.17) is 5.73 Å². The first-order valence-corrected chi connectivity index (χ1v) is 2.63. The molecule has 0 aromatic carbocycles. The molecule has 0 saturated carbocycles. The Morgan fingerprint density at radius 3 is 2.38 bits per heavy atom. The van der Waals surface area contributed by atoms with Gasteiger partial charge in [0.2, 0.25) is 5.91 Å². The molecule has 0 radical (unpaired) electrons. The van der Waals surface area contributed by atoms with Gasteiger partial charge in [-0.2, -0.15) is 0 Å². The number of amides is 1. The Balaban J connectivity index is 3.75. The molecular weight excluding hydrogens is 102 g/mol. The Kier molecular flexibility index (Phi) is 2.92. The van der Waals surface area contributed by atoms with Crippen LogP contribution >= 0.6 is 0 Å². The Morgan fingerprint density at radius 1 is 1.75 bits per heavy atom. The van der Waals surface area contributed by atoms with Crippen LogP contribution in [0.15, 0.2) is 11.6 Å². The number of carbonyl (C=O) groups excluding carboxylic acids is 1. The standard InChI is InChI=1S/C6H11NO/c1-3-5(2)4-6(7)8/h4H,3H2,1-2H3,(H2,7,8). The molecule has 0 atom stereocenters. The van der Waals surface area contributed by atoms with Crippen molar-refractivity contribution in [1.29, 1.82) is 0 Å². The van der Waals surface area contributed by atoms with Crippen molar-refractivity contribution in [1.82, 2.24) is 0 Å². The van der Waals surface area contributed by atoms with E-state index in [9.17, 15) is 4.79 Å². The molecule has 0 aliphatic carbocycles. The minimum absolute atomic E-state index is 0.357. The van der Waals surface area contributed by atoms with Crippen LogP contribution in [-0.4, -0.2) is 5.91 Å². The van der Waals surface area contributed by atoms with Crippen LogP contribution in [0.1, 0.15) is 20.3 Å². The van der Waals surface area contributed by atoms with Gasteiger partial charge < -0.3 is 5.73 Å². The maximum atomic E-state index is 10.1. The van der Waals surface area contributed by atoms with Gasteiger partial charge in [-0.1, -0.05) is 12.5 Å². The molecule has 2 nitrogen and oxygen atoms in total. The van der Waals surface area contributed by atoms with Crippen LogP contribution in [0.25, 0.3) is 0 Å². The van der Waals surface area contributed by atoms with E-state index in [-0.39, 0.29) is 5.91 Å². The van der Waals surface area contributed by atoms with Gasteiger partial charge in [-0.3, -0.25) is 4.79 Å². The molecule has 0 aromatic rings. The van der Waals surface area contributed by atoms with Gasteiger partial charge in [-0.25, -0.2) is 0 Å². The molecule has 0 bridgehead atoms. The summed E-state index contributed by atoms with van der Waals surface area (Å²) in [5.41, 5.74) is 5.88. The molecule has 0 aliphatic heterocycles. The lowest BCUT2D eigenvalue weighted by molar-refractivity contribution is -0.113. The highest BCUT2D eigenvalue weighted by atomic mass is 16.1. The molecule has 0 aliphatic rings. The van der Waals surface area contributed by atoms with Gasteiger partial charge in [0.1, 0.15) is 0 Å². The van der Waals surface area contributed by atoms with Gasteiger partial charge in [0, 0.05) is 6.08 Å². The van der Waals surface area contributed by atoms with E-state index < -0.39 is 0 Å². The van der Waals surface area contributed by atoms with Crippen LogP contribution in [0.5, 0.6) is 0 Å². The molecular formula is C6H11NO. The van der Waals surface area contributed by atoms with Crippen molar-refractivity contribution < 1.29 is 4.79 Å². The van der Waals surface area contributed by atoms with E-state index in [0.717, 1.165) is 12.0 Å². The van der Waals surface area contributed by atoms with Crippen LogP contribution in [0.3, 0.4) is 0 Å². The molecule has 46 valence electrons. The van der Waals surface area contributed by atoms with E-state index in [0.29, 0.717) is 0 Å². The van der Waals surface area contributed by atoms with E-state index in [1.165, 1.54) is 6.08 Å². The molecule has 1 amide bonds. The summed E-state index contributed by atoms with van der Waals surface area (Å²) in [4.78, 5) is 10.1. The van der Waals surface area contributed by atoms with Crippen molar-refractivity contribution in [2.45, 2.75) is 20.3 Å². The number of carbonyl (C=O) groups is 1. The SMILES string of the molecule is CCC(C)=CC(N)=O. The van der Waals surface area contributed by atoms with Crippen LogP contribution in [0, 0.1) is 0 Å². The van der Waals surface area contributed by atoms with Gasteiger partial charge in [0.15, 0.2) is 0 Å². The monoisotopic (exact) mass is 113 g/mol. The molecule has 0 heterocycles. The summed E-state index contributed by atoms with van der Waals surface area (Å²) >= 11 is 0. The van der Waals surface area contributed by atoms with Gasteiger partial charge in [-0.15, -0.1) is 0 Å². The third-order valence-electron chi connectivity index (χ3n) is 0.946. The van der Waals surface area contributed by atoms with Crippen molar-refractivity contribution in [3.63, 3.8) is 0 Å². The number of hydrogen-bond acceptors (Lipinski definition) is 1. The third kappa shape index (κ3) is 3.40. The Bertz CT molecular complexity index is 116. The summed E-state index contributed by atoms with van der Waals surface area (Å²) in [6, 6.07) is 0. The fourth-order valence-electron chi connectivity index (χ4n) is 0.345. The van der Waals surface area contributed by atoms with Crippen LogP contribution in [0.4, 0.5) is 0 Å². The average molecular weight is 113 g/mol. The zero-order valence-corrected chi connectivity index (χ0v) is 5.27. The summed E-state index contributed by atoms with van der Waals surface area (Å²) < 4.78 is 0. The zero-order chi connectivity index (χ0) is 6.57. The predicted octanol–water partition coefficient (Wildman–Crippen LogP) is 0.828. The highest BCUT2D eigenvalue weighted by Crippen LogP contribution is 1.94. The van der Waals surface area contributed by atoms with Gasteiger partial charge in [0.25, 0.3) is 0 Å². The minimum Gasteiger partial charge on any atom is -0.366 e. The summed E-state index contributed by atoms with van der Waals surface area (Å²) in [5.74, 6) is -0.357. The second-order valence-electron chi connectivity index (χ2n) is 1.75. The van der Waals surface area contributed by atoms with Crippen molar-refractivity contribution in [2.75, 3.05) is 0 Å². The quantitative estimate of drug-likeness (QED) is 0.529. The summed E-state index contributed by atoms with van der Waals surface area (Å²) in [7, 11) is 0. The Morgan fingerprint density at radius 2 is 2.25 bits per heavy atom. The van der Waals surface area contributed by atoms with Crippen LogP contribution < -0.4 is 5.73 Å². The molecule has 2 N–H and O–H groups in total. The Hall–Kier alpha value is -0.790. The predicted molar refractivity (Wildman–Crippen MR) is 33.2 cm³/mol. The molecule has 0 fully saturated rings. The molecule has 0 spiro atoms. The van der Waals surface area contributed by atoms with Gasteiger partial charge >= 0.3 is 0 Å². The lowest BCUT2D eigenvalue weighted by Gasteiger charge is -1.88. The lowest BCUT2D eigenvalue weighted by atomic mass is 10.2. The largest absolute Gasteiger partial charge is 0.366 e. The molecule has 2 heteroatoms. The van der Waals surface area contributed by atoms with E-state index >= 15 is 0 Å². The number of allylic oxidation sites excluding steroid dienone is 1. The molecule has 0 aromatic heterocycles. The summed E-state index contributed by atoms with van der Waals surface area (Å²) in [5, 5.41) is 0. The number of hydrogen-bond donors (Lipinski definition) is 1. The van der Waals surface area contributed by atoms with Crippen LogP contribution in [0.2, 0.25) is 0 Å². The maximum Gasteiger partial charge on any atom is 0.241 e. The summed E-state index contributed by atoms with van der Waals surface area (Å²) in [6.07, 6.45) is 2.34. The first kappa shape index (κ1) is 7.21. The third-order valence-corrected chi connectivity index (χ3v) is 0.946. The average Bonchev–Trinajstić information content (AvgIpc) is 1.65. The topological polar surface area (TPSA) is 43.1 Å². The first-order valence-electron chi connectivity index (χ1n) is 2.63. The highest BCUT2D eigenvalue weighted by molar-refractivity contribution is 5.86. The maximum absolute atomic E-state index is 10.1. The second kappa shape index (κ2) is 3.24. The second-order valence-corrected chi connectivity index (χ2v) is 1.75. The van der Waals surface area contributed by atoms with E-state index in [1.807, 2.05) is 13.8 Å². The van der Waals surface area contributed by atoms with Gasteiger partial charge in [-0.05, 0) is 13.3 Å². The van der Waals surface area contributed by atoms with Crippen molar-refractivity contribution in [3.05, 3.63) is 11.6 Å². The number of primary amides is 1. The Labute approximate surface area is 49.4 Å². The molecule has 8 heavy (non-hydrogen) atoms. The van der Waals surface area contributed by atoms with Gasteiger partial charge in [0.05, 0.1) is 0 Å².